The molecule has 1 N–H and O–H groups in total. The highest BCUT2D eigenvalue weighted by Crippen LogP contribution is 2.37. The van der Waals surface area contributed by atoms with Gasteiger partial charge in [0.2, 0.25) is 0 Å². The van der Waals surface area contributed by atoms with Crippen LogP contribution in [0.15, 0.2) is 34.1 Å². The molecule has 2 heterocycles. The molecule has 1 unspecified atom stereocenters. The van der Waals surface area contributed by atoms with Gasteiger partial charge in [0.25, 0.3) is 0 Å². The first-order chi connectivity index (χ1) is 8.22. The van der Waals surface area contributed by atoms with Gasteiger partial charge in [0, 0.05) is 19.8 Å². The summed E-state index contributed by atoms with van der Waals surface area (Å²) in [6, 6.07) is 7.93. The molecule has 0 fully saturated rings. The second-order valence-corrected chi connectivity index (χ2v) is 6.11. The first-order valence-corrected chi connectivity index (χ1v) is 7.20. The number of anilines is 1. The van der Waals surface area contributed by atoms with Gasteiger partial charge in [0.15, 0.2) is 0 Å². The predicted octanol–water partition coefficient (Wildman–Crippen LogP) is 4.71. The van der Waals surface area contributed by atoms with E-state index in [4.69, 9.17) is 16.3 Å². The van der Waals surface area contributed by atoms with Gasteiger partial charge < -0.3 is 10.1 Å². The fourth-order valence-corrected chi connectivity index (χ4v) is 3.46. The molecule has 1 aliphatic rings. The van der Waals surface area contributed by atoms with E-state index in [1.54, 1.807) is 11.3 Å². The first kappa shape index (κ1) is 11.4. The van der Waals surface area contributed by atoms with Crippen LogP contribution in [0.5, 0.6) is 5.75 Å². The van der Waals surface area contributed by atoms with Crippen molar-refractivity contribution in [1.29, 1.82) is 0 Å². The van der Waals surface area contributed by atoms with Crippen LogP contribution >= 0.6 is 38.9 Å². The van der Waals surface area contributed by atoms with Crippen molar-refractivity contribution in [1.82, 2.24) is 0 Å². The van der Waals surface area contributed by atoms with Crippen LogP contribution in [0, 0.1) is 0 Å². The van der Waals surface area contributed by atoms with Crippen molar-refractivity contribution in [3.8, 4) is 5.75 Å². The molecule has 88 valence electrons. The molecule has 0 aliphatic carbocycles. The van der Waals surface area contributed by atoms with E-state index >= 15 is 0 Å². The van der Waals surface area contributed by atoms with Gasteiger partial charge in [0.05, 0.1) is 11.7 Å². The van der Waals surface area contributed by atoms with Crippen molar-refractivity contribution >= 4 is 44.6 Å². The molecule has 2 nitrogen and oxygen atoms in total. The Morgan fingerprint density at radius 1 is 1.41 bits per heavy atom. The molecule has 0 radical (unpaired) electrons. The Morgan fingerprint density at radius 3 is 3.06 bits per heavy atom. The second-order valence-electron chi connectivity index (χ2n) is 3.82. The predicted molar refractivity (Wildman–Crippen MR) is 75.3 cm³/mol. The quantitative estimate of drug-likeness (QED) is 0.817. The van der Waals surface area contributed by atoms with Crippen LogP contribution in [0.2, 0.25) is 5.02 Å². The van der Waals surface area contributed by atoms with E-state index in [9.17, 15) is 0 Å². The molecule has 1 aromatic carbocycles. The number of halogens is 2. The van der Waals surface area contributed by atoms with E-state index < -0.39 is 0 Å². The van der Waals surface area contributed by atoms with E-state index in [-0.39, 0.29) is 6.04 Å². The molecule has 0 bridgehead atoms. The van der Waals surface area contributed by atoms with E-state index in [1.165, 1.54) is 4.88 Å². The Hall–Kier alpha value is -0.710. The van der Waals surface area contributed by atoms with Crippen LogP contribution in [0.3, 0.4) is 0 Å². The summed E-state index contributed by atoms with van der Waals surface area (Å²) in [5.74, 6) is 0.862. The summed E-state index contributed by atoms with van der Waals surface area (Å²) < 4.78 is 6.83. The minimum absolute atomic E-state index is 0.192. The van der Waals surface area contributed by atoms with Crippen molar-refractivity contribution in [2.24, 2.45) is 0 Å². The van der Waals surface area contributed by atoms with Gasteiger partial charge in [-0.2, -0.15) is 0 Å². The fourth-order valence-electron chi connectivity index (χ4n) is 1.81. The molecule has 2 aromatic rings. The van der Waals surface area contributed by atoms with Crippen LogP contribution in [0.4, 0.5) is 5.69 Å². The number of rotatable bonds is 1. The third kappa shape index (κ3) is 2.30. The summed E-state index contributed by atoms with van der Waals surface area (Å²) in [5, 5.41) is 6.24. The van der Waals surface area contributed by atoms with Gasteiger partial charge in [-0.25, -0.2) is 0 Å². The molecule has 3 rings (SSSR count). The van der Waals surface area contributed by atoms with Crippen LogP contribution in [0.1, 0.15) is 10.9 Å². The van der Waals surface area contributed by atoms with Crippen molar-refractivity contribution in [3.63, 3.8) is 0 Å². The molecule has 1 atom stereocenters. The van der Waals surface area contributed by atoms with Crippen LogP contribution in [-0.4, -0.2) is 6.61 Å². The average Bonchev–Trinajstić information content (AvgIpc) is 2.75. The second kappa shape index (κ2) is 4.52. The van der Waals surface area contributed by atoms with Gasteiger partial charge in [-0.3, -0.25) is 0 Å². The maximum absolute atomic E-state index is 5.97. The molecule has 1 aliphatic heterocycles. The van der Waals surface area contributed by atoms with E-state index in [2.05, 4.69) is 32.7 Å². The third-order valence-electron chi connectivity index (χ3n) is 2.61. The number of fused-ring (bicyclic) bond motifs is 1. The van der Waals surface area contributed by atoms with Gasteiger partial charge in [-0.05, 0) is 40.2 Å². The molecule has 0 saturated heterocycles. The summed E-state index contributed by atoms with van der Waals surface area (Å²) in [6.45, 7) is 0.640. The molecular formula is C12H9BrClNOS. The van der Waals surface area contributed by atoms with Crippen molar-refractivity contribution < 1.29 is 4.74 Å². The molecular weight excluding hydrogens is 322 g/mol. The van der Waals surface area contributed by atoms with Crippen molar-refractivity contribution in [2.45, 2.75) is 6.04 Å². The first-order valence-electron chi connectivity index (χ1n) is 5.15. The fraction of sp³-hybridized carbons (Fsp3) is 0.167. The Kier molecular flexibility index (Phi) is 3.03. The summed E-state index contributed by atoms with van der Waals surface area (Å²) in [6.07, 6.45) is 0. The molecule has 0 saturated carbocycles. The lowest BCUT2D eigenvalue weighted by atomic mass is 10.2. The minimum Gasteiger partial charge on any atom is -0.489 e. The average molecular weight is 331 g/mol. The SMILES string of the molecule is Clc1ccc2c(c1)NC(c1cc(Br)cs1)CO2. The van der Waals surface area contributed by atoms with Gasteiger partial charge in [-0.15, -0.1) is 11.3 Å². The van der Waals surface area contributed by atoms with Crippen LogP contribution < -0.4 is 10.1 Å². The summed E-state index contributed by atoms with van der Waals surface area (Å²) in [4.78, 5) is 1.25. The lowest BCUT2D eigenvalue weighted by molar-refractivity contribution is 0.288. The lowest BCUT2D eigenvalue weighted by Crippen LogP contribution is -2.23. The molecule has 0 amide bonds. The lowest BCUT2D eigenvalue weighted by Gasteiger charge is -2.26. The van der Waals surface area contributed by atoms with Crippen molar-refractivity contribution in [2.75, 3.05) is 11.9 Å². The molecule has 1 aromatic heterocycles. The Bertz CT molecular complexity index is 557. The Labute approximate surface area is 117 Å². The zero-order valence-corrected chi connectivity index (χ0v) is 11.9. The van der Waals surface area contributed by atoms with Crippen molar-refractivity contribution in [3.05, 3.63) is 44.0 Å². The van der Waals surface area contributed by atoms with Crippen LogP contribution in [0.25, 0.3) is 0 Å². The highest BCUT2D eigenvalue weighted by atomic mass is 79.9. The third-order valence-corrected chi connectivity index (χ3v) is 4.65. The summed E-state index contributed by atoms with van der Waals surface area (Å²) in [5.41, 5.74) is 0.957. The number of nitrogens with one attached hydrogen (secondary N) is 1. The van der Waals surface area contributed by atoms with E-state index in [0.717, 1.165) is 15.9 Å². The summed E-state index contributed by atoms with van der Waals surface area (Å²) >= 11 is 11.1. The number of benzene rings is 1. The largest absolute Gasteiger partial charge is 0.489 e. The maximum atomic E-state index is 5.97. The van der Waals surface area contributed by atoms with Gasteiger partial charge in [-0.1, -0.05) is 11.6 Å². The number of thiophene rings is 1. The highest BCUT2D eigenvalue weighted by molar-refractivity contribution is 9.10. The molecule has 5 heteroatoms. The summed E-state index contributed by atoms with van der Waals surface area (Å²) in [7, 11) is 0. The Balaban J connectivity index is 1.89. The monoisotopic (exact) mass is 329 g/mol. The van der Waals surface area contributed by atoms with Gasteiger partial charge in [0.1, 0.15) is 12.4 Å². The zero-order chi connectivity index (χ0) is 11.8. The normalized spacial score (nSPS) is 18.1. The molecule has 17 heavy (non-hydrogen) atoms. The Morgan fingerprint density at radius 2 is 2.29 bits per heavy atom. The van der Waals surface area contributed by atoms with Crippen LogP contribution in [-0.2, 0) is 0 Å². The standard InChI is InChI=1S/C12H9BrClNOS/c13-7-3-12(17-6-7)10-5-16-11-2-1-8(14)4-9(11)15-10/h1-4,6,10,15H,5H2. The van der Waals surface area contributed by atoms with Gasteiger partial charge >= 0.3 is 0 Å². The van der Waals surface area contributed by atoms with E-state index in [1.807, 2.05) is 18.2 Å². The number of hydrogen-bond donors (Lipinski definition) is 1. The minimum atomic E-state index is 0.192. The highest BCUT2D eigenvalue weighted by Gasteiger charge is 2.21. The smallest absolute Gasteiger partial charge is 0.142 e. The topological polar surface area (TPSA) is 21.3 Å². The maximum Gasteiger partial charge on any atom is 0.142 e. The zero-order valence-electron chi connectivity index (χ0n) is 8.74. The number of ether oxygens (including phenoxy) is 1. The number of hydrogen-bond acceptors (Lipinski definition) is 3. The van der Waals surface area contributed by atoms with E-state index in [0.29, 0.717) is 11.6 Å². The molecule has 0 spiro atoms.